The summed E-state index contributed by atoms with van der Waals surface area (Å²) in [5.74, 6) is 0.265. The molecule has 1 unspecified atom stereocenters. The van der Waals surface area contributed by atoms with Gasteiger partial charge in [0.25, 0.3) is 0 Å². The van der Waals surface area contributed by atoms with Gasteiger partial charge in [-0.05, 0) is 18.9 Å². The third-order valence-electron chi connectivity index (χ3n) is 2.66. The average Bonchev–Trinajstić information content (AvgIpc) is 2.65. The van der Waals surface area contributed by atoms with Crippen LogP contribution in [0.4, 0.5) is 0 Å². The van der Waals surface area contributed by atoms with Gasteiger partial charge in [-0.2, -0.15) is 5.10 Å². The summed E-state index contributed by atoms with van der Waals surface area (Å²) in [7, 11) is 0. The first-order valence-corrected chi connectivity index (χ1v) is 5.37. The summed E-state index contributed by atoms with van der Waals surface area (Å²) >= 11 is 0. The van der Waals surface area contributed by atoms with E-state index < -0.39 is 0 Å². The van der Waals surface area contributed by atoms with Crippen molar-refractivity contribution in [3.63, 3.8) is 0 Å². The van der Waals surface area contributed by atoms with E-state index in [9.17, 15) is 4.79 Å². The number of nitrogens with two attached hydrogens (primary N) is 1. The average molecular weight is 209 g/mol. The minimum atomic E-state index is -0.105. The molecule has 2 N–H and O–H groups in total. The predicted molar refractivity (Wildman–Crippen MR) is 59.6 cm³/mol. The Hall–Kier alpha value is -1.16. The molecule has 0 radical (unpaired) electrons. The molecule has 4 nitrogen and oxygen atoms in total. The molecule has 4 heteroatoms. The van der Waals surface area contributed by atoms with E-state index in [0.29, 0.717) is 18.8 Å². The Bertz CT molecular complexity index is 330. The van der Waals surface area contributed by atoms with E-state index in [1.54, 1.807) is 16.9 Å². The van der Waals surface area contributed by atoms with E-state index in [1.165, 1.54) is 0 Å². The first-order chi connectivity index (χ1) is 7.11. The van der Waals surface area contributed by atoms with Crippen LogP contribution in [0.25, 0.3) is 0 Å². The van der Waals surface area contributed by atoms with Crippen molar-refractivity contribution < 1.29 is 4.79 Å². The number of Topliss-reactive ketones (excluding diaryl/α,β-unsaturated/α-hetero) is 1. The van der Waals surface area contributed by atoms with Gasteiger partial charge in [-0.1, -0.05) is 13.8 Å². The molecule has 0 aliphatic heterocycles. The summed E-state index contributed by atoms with van der Waals surface area (Å²) in [5.41, 5.74) is 6.29. The molecule has 15 heavy (non-hydrogen) atoms. The largest absolute Gasteiger partial charge is 0.330 e. The van der Waals surface area contributed by atoms with Crippen molar-refractivity contribution in [1.29, 1.82) is 0 Å². The van der Waals surface area contributed by atoms with Gasteiger partial charge in [0, 0.05) is 25.2 Å². The summed E-state index contributed by atoms with van der Waals surface area (Å²) < 4.78 is 1.72. The third-order valence-corrected chi connectivity index (χ3v) is 2.66. The standard InChI is InChI=1S/C11H19N3O/c1-4-14-10(5-6-13-14)11(15)9(7-12)8(2)3/h5-6,8-9H,4,7,12H2,1-3H3. The molecule has 1 aromatic rings. The molecular formula is C11H19N3O. The maximum absolute atomic E-state index is 12.1. The highest BCUT2D eigenvalue weighted by molar-refractivity contribution is 5.96. The molecule has 0 saturated heterocycles. The van der Waals surface area contributed by atoms with E-state index in [-0.39, 0.29) is 17.6 Å². The van der Waals surface area contributed by atoms with Crippen LogP contribution in [0.1, 0.15) is 31.3 Å². The van der Waals surface area contributed by atoms with Crippen LogP contribution in [-0.4, -0.2) is 22.1 Å². The normalized spacial score (nSPS) is 13.1. The van der Waals surface area contributed by atoms with Crippen molar-refractivity contribution in [3.05, 3.63) is 18.0 Å². The highest BCUT2D eigenvalue weighted by atomic mass is 16.1. The molecule has 0 aliphatic carbocycles. The van der Waals surface area contributed by atoms with Crippen LogP contribution in [0.3, 0.4) is 0 Å². The summed E-state index contributed by atoms with van der Waals surface area (Å²) in [6.07, 6.45) is 1.66. The molecule has 0 aromatic carbocycles. The second-order valence-corrected chi connectivity index (χ2v) is 3.98. The first kappa shape index (κ1) is 11.9. The molecule has 0 aliphatic rings. The van der Waals surface area contributed by atoms with Gasteiger partial charge in [0.05, 0.1) is 0 Å². The van der Waals surface area contributed by atoms with Gasteiger partial charge in [0.2, 0.25) is 0 Å². The van der Waals surface area contributed by atoms with Crippen LogP contribution in [-0.2, 0) is 6.54 Å². The Morgan fingerprint density at radius 1 is 1.60 bits per heavy atom. The van der Waals surface area contributed by atoms with Gasteiger partial charge in [-0.3, -0.25) is 9.48 Å². The molecular weight excluding hydrogens is 190 g/mol. The third kappa shape index (κ3) is 2.45. The Morgan fingerprint density at radius 3 is 2.73 bits per heavy atom. The summed E-state index contributed by atoms with van der Waals surface area (Å²) in [6.45, 7) is 7.11. The quantitative estimate of drug-likeness (QED) is 0.744. The number of ketones is 1. The molecule has 1 atom stereocenters. The van der Waals surface area contributed by atoms with Gasteiger partial charge in [-0.25, -0.2) is 0 Å². The van der Waals surface area contributed by atoms with Gasteiger partial charge in [0.1, 0.15) is 5.69 Å². The van der Waals surface area contributed by atoms with E-state index in [1.807, 2.05) is 20.8 Å². The molecule has 0 bridgehead atoms. The second-order valence-electron chi connectivity index (χ2n) is 3.98. The number of rotatable bonds is 5. The molecule has 0 fully saturated rings. The smallest absolute Gasteiger partial charge is 0.185 e. The van der Waals surface area contributed by atoms with Crippen molar-refractivity contribution >= 4 is 5.78 Å². The number of nitrogens with zero attached hydrogens (tertiary/aromatic N) is 2. The Labute approximate surface area is 90.5 Å². The zero-order valence-corrected chi connectivity index (χ0v) is 9.60. The summed E-state index contributed by atoms with van der Waals surface area (Å²) in [6, 6.07) is 1.76. The van der Waals surface area contributed by atoms with Crippen molar-refractivity contribution in [1.82, 2.24) is 9.78 Å². The maximum Gasteiger partial charge on any atom is 0.185 e. The van der Waals surface area contributed by atoms with Crippen molar-refractivity contribution in [2.75, 3.05) is 6.54 Å². The fourth-order valence-corrected chi connectivity index (χ4v) is 1.67. The topological polar surface area (TPSA) is 60.9 Å². The van der Waals surface area contributed by atoms with Crippen LogP contribution in [0.2, 0.25) is 0 Å². The SMILES string of the molecule is CCn1nccc1C(=O)C(CN)C(C)C. The number of carbonyl (C=O) groups is 1. The van der Waals surface area contributed by atoms with Crippen molar-refractivity contribution in [2.45, 2.75) is 27.3 Å². The molecule has 0 spiro atoms. The Morgan fingerprint density at radius 2 is 2.27 bits per heavy atom. The first-order valence-electron chi connectivity index (χ1n) is 5.37. The molecule has 1 heterocycles. The van der Waals surface area contributed by atoms with Crippen LogP contribution in [0.5, 0.6) is 0 Å². The van der Waals surface area contributed by atoms with Crippen LogP contribution in [0, 0.1) is 11.8 Å². The number of aromatic nitrogens is 2. The fraction of sp³-hybridized carbons (Fsp3) is 0.636. The monoisotopic (exact) mass is 209 g/mol. The minimum Gasteiger partial charge on any atom is -0.330 e. The van der Waals surface area contributed by atoms with Crippen LogP contribution >= 0.6 is 0 Å². The molecule has 1 rings (SSSR count). The fourth-order valence-electron chi connectivity index (χ4n) is 1.67. The molecule has 0 saturated carbocycles. The molecule has 84 valence electrons. The highest BCUT2D eigenvalue weighted by Gasteiger charge is 2.24. The van der Waals surface area contributed by atoms with Gasteiger partial charge in [-0.15, -0.1) is 0 Å². The van der Waals surface area contributed by atoms with E-state index in [2.05, 4.69) is 5.10 Å². The number of aryl methyl sites for hydroxylation is 1. The van der Waals surface area contributed by atoms with Crippen LogP contribution < -0.4 is 5.73 Å². The number of carbonyl (C=O) groups excluding carboxylic acids is 1. The molecule has 1 aromatic heterocycles. The predicted octanol–water partition coefficient (Wildman–Crippen LogP) is 1.32. The maximum atomic E-state index is 12.1. The lowest BCUT2D eigenvalue weighted by molar-refractivity contribution is 0.0881. The Balaban J connectivity index is 2.92. The summed E-state index contributed by atoms with van der Waals surface area (Å²) in [4.78, 5) is 12.1. The lowest BCUT2D eigenvalue weighted by Gasteiger charge is -2.17. The van der Waals surface area contributed by atoms with Crippen molar-refractivity contribution in [2.24, 2.45) is 17.6 Å². The van der Waals surface area contributed by atoms with Gasteiger partial charge >= 0.3 is 0 Å². The minimum absolute atomic E-state index is 0.104. The number of hydrogen-bond donors (Lipinski definition) is 1. The van der Waals surface area contributed by atoms with Gasteiger partial charge in [0.15, 0.2) is 5.78 Å². The van der Waals surface area contributed by atoms with Crippen molar-refractivity contribution in [3.8, 4) is 0 Å². The van der Waals surface area contributed by atoms with Gasteiger partial charge < -0.3 is 5.73 Å². The summed E-state index contributed by atoms with van der Waals surface area (Å²) in [5, 5.41) is 4.09. The lowest BCUT2D eigenvalue weighted by Crippen LogP contribution is -2.30. The zero-order valence-electron chi connectivity index (χ0n) is 9.60. The zero-order chi connectivity index (χ0) is 11.4. The second kappa shape index (κ2) is 5.07. The number of hydrogen-bond acceptors (Lipinski definition) is 3. The highest BCUT2D eigenvalue weighted by Crippen LogP contribution is 2.16. The lowest BCUT2D eigenvalue weighted by atomic mass is 9.90. The van der Waals surface area contributed by atoms with E-state index in [4.69, 9.17) is 5.73 Å². The van der Waals surface area contributed by atoms with Crippen LogP contribution in [0.15, 0.2) is 12.3 Å². The van der Waals surface area contributed by atoms with E-state index in [0.717, 1.165) is 0 Å². The van der Waals surface area contributed by atoms with E-state index >= 15 is 0 Å². The molecule has 0 amide bonds. The Kier molecular flexibility index (Phi) is 4.03.